The Morgan fingerprint density at radius 2 is 1.61 bits per heavy atom. The highest BCUT2D eigenvalue weighted by Crippen LogP contribution is 2.33. The summed E-state index contributed by atoms with van der Waals surface area (Å²) in [6.45, 7) is 2.85. The Morgan fingerprint density at radius 3 is 2.39 bits per heavy atom. The summed E-state index contributed by atoms with van der Waals surface area (Å²) < 4.78 is 10.9. The molecule has 0 bridgehead atoms. The number of carbonyl (C=O) groups is 2. The van der Waals surface area contributed by atoms with Gasteiger partial charge in [0.05, 0.1) is 25.5 Å². The summed E-state index contributed by atoms with van der Waals surface area (Å²) in [7, 11) is 3.28. The average molecular weight is 511 g/mol. The Morgan fingerprint density at radius 1 is 0.895 bits per heavy atom. The van der Waals surface area contributed by atoms with Crippen molar-refractivity contribution < 1.29 is 19.1 Å². The molecule has 4 aromatic rings. The highest BCUT2D eigenvalue weighted by atomic mass is 16.5. The third-order valence-electron chi connectivity index (χ3n) is 6.79. The van der Waals surface area contributed by atoms with Gasteiger partial charge in [0.25, 0.3) is 11.8 Å². The van der Waals surface area contributed by atoms with Gasteiger partial charge in [-0.1, -0.05) is 36.4 Å². The second-order valence-electron chi connectivity index (χ2n) is 9.17. The molecule has 2 heterocycles. The van der Waals surface area contributed by atoms with E-state index < -0.39 is 0 Å². The van der Waals surface area contributed by atoms with E-state index in [9.17, 15) is 9.59 Å². The molecule has 0 saturated heterocycles. The summed E-state index contributed by atoms with van der Waals surface area (Å²) in [5, 5.41) is 7.73. The van der Waals surface area contributed by atoms with Gasteiger partial charge in [-0.25, -0.2) is 0 Å². The normalized spacial score (nSPS) is 13.0. The standard InChI is InChI=1S/C30H30N4O4/c1-37-27-16-21-11-13-34(19-23(21)17-28(27)38-2)14-12-31-29(35)24-9-5-6-10-25(24)33-30(36)26-15-20-7-3-4-8-22(20)18-32-26/h3-10,15-18H,11-14,19H2,1-2H3,(H,31,35)(H,33,36). The van der Waals surface area contributed by atoms with Gasteiger partial charge in [0.1, 0.15) is 5.69 Å². The molecule has 0 saturated carbocycles. The van der Waals surface area contributed by atoms with Crippen LogP contribution in [0.1, 0.15) is 32.0 Å². The predicted octanol–water partition coefficient (Wildman–Crippen LogP) is 4.29. The highest BCUT2D eigenvalue weighted by molar-refractivity contribution is 6.09. The molecule has 1 aliphatic heterocycles. The lowest BCUT2D eigenvalue weighted by Gasteiger charge is -2.29. The lowest BCUT2D eigenvalue weighted by Crippen LogP contribution is -2.38. The Balaban J connectivity index is 1.19. The molecule has 2 amide bonds. The van der Waals surface area contributed by atoms with Crippen molar-refractivity contribution >= 4 is 28.3 Å². The maximum atomic E-state index is 13.0. The largest absolute Gasteiger partial charge is 0.493 e. The first kappa shape index (κ1) is 25.2. The van der Waals surface area contributed by atoms with E-state index in [4.69, 9.17) is 9.47 Å². The van der Waals surface area contributed by atoms with Crippen LogP contribution in [0.2, 0.25) is 0 Å². The number of hydrogen-bond acceptors (Lipinski definition) is 6. The average Bonchev–Trinajstić information content (AvgIpc) is 2.96. The van der Waals surface area contributed by atoms with Crippen molar-refractivity contribution in [1.82, 2.24) is 15.2 Å². The zero-order valence-electron chi connectivity index (χ0n) is 21.5. The quantitative estimate of drug-likeness (QED) is 0.367. The minimum Gasteiger partial charge on any atom is -0.493 e. The minimum absolute atomic E-state index is 0.240. The Kier molecular flexibility index (Phi) is 7.51. The number of pyridine rings is 1. The number of nitrogens with one attached hydrogen (secondary N) is 2. The first-order chi connectivity index (χ1) is 18.6. The van der Waals surface area contributed by atoms with Crippen molar-refractivity contribution in [3.63, 3.8) is 0 Å². The predicted molar refractivity (Wildman–Crippen MR) is 147 cm³/mol. The molecule has 0 aliphatic carbocycles. The number of ether oxygens (including phenoxy) is 2. The number of aromatic nitrogens is 1. The smallest absolute Gasteiger partial charge is 0.274 e. The van der Waals surface area contributed by atoms with Gasteiger partial charge < -0.3 is 20.1 Å². The number of hydrogen-bond donors (Lipinski definition) is 2. The SMILES string of the molecule is COc1cc2c(cc1OC)CN(CCNC(=O)c1ccccc1NC(=O)c1cc3ccccc3cn1)CC2. The molecule has 8 heteroatoms. The van der Waals surface area contributed by atoms with Crippen LogP contribution >= 0.6 is 0 Å². The number of fused-ring (bicyclic) bond motifs is 2. The second-order valence-corrected chi connectivity index (χ2v) is 9.17. The summed E-state index contributed by atoms with van der Waals surface area (Å²) in [5.74, 6) is 0.860. The van der Waals surface area contributed by atoms with Crippen LogP contribution in [0.5, 0.6) is 11.5 Å². The molecule has 3 aromatic carbocycles. The van der Waals surface area contributed by atoms with Gasteiger partial charge >= 0.3 is 0 Å². The summed E-state index contributed by atoms with van der Waals surface area (Å²) in [4.78, 5) is 32.5. The van der Waals surface area contributed by atoms with Crippen molar-refractivity contribution in [3.8, 4) is 11.5 Å². The number of amides is 2. The van der Waals surface area contributed by atoms with E-state index in [1.165, 1.54) is 11.1 Å². The number of nitrogens with zero attached hydrogens (tertiary/aromatic N) is 2. The number of benzene rings is 3. The van der Waals surface area contributed by atoms with Gasteiger partial charge in [0.15, 0.2) is 11.5 Å². The van der Waals surface area contributed by atoms with E-state index in [2.05, 4.69) is 20.5 Å². The van der Waals surface area contributed by atoms with Crippen molar-refractivity contribution in [2.75, 3.05) is 39.2 Å². The molecule has 1 aromatic heterocycles. The van der Waals surface area contributed by atoms with Gasteiger partial charge in [0.2, 0.25) is 0 Å². The number of methoxy groups -OCH3 is 2. The van der Waals surface area contributed by atoms with Gasteiger partial charge in [-0.3, -0.25) is 19.5 Å². The summed E-state index contributed by atoms with van der Waals surface area (Å²) in [5.41, 5.74) is 3.60. The first-order valence-electron chi connectivity index (χ1n) is 12.5. The van der Waals surface area contributed by atoms with Crippen LogP contribution in [0.15, 0.2) is 72.9 Å². The van der Waals surface area contributed by atoms with E-state index >= 15 is 0 Å². The van der Waals surface area contributed by atoms with Gasteiger partial charge in [-0.15, -0.1) is 0 Å². The molecule has 0 atom stereocenters. The zero-order valence-corrected chi connectivity index (χ0v) is 21.5. The fraction of sp³-hybridized carbons (Fsp3) is 0.233. The molecular formula is C30H30N4O4. The maximum absolute atomic E-state index is 13.0. The van der Waals surface area contributed by atoms with Crippen molar-refractivity contribution in [1.29, 1.82) is 0 Å². The van der Waals surface area contributed by atoms with Crippen LogP contribution in [0.4, 0.5) is 5.69 Å². The number of rotatable bonds is 8. The molecule has 8 nitrogen and oxygen atoms in total. The van der Waals surface area contributed by atoms with Crippen LogP contribution in [0, 0.1) is 0 Å². The van der Waals surface area contributed by atoms with Crippen LogP contribution in [0.25, 0.3) is 10.8 Å². The third-order valence-corrected chi connectivity index (χ3v) is 6.79. The molecule has 0 radical (unpaired) electrons. The summed E-state index contributed by atoms with van der Waals surface area (Å²) in [6.07, 6.45) is 2.58. The molecule has 194 valence electrons. The van der Waals surface area contributed by atoms with E-state index in [-0.39, 0.29) is 11.8 Å². The molecule has 38 heavy (non-hydrogen) atoms. The highest BCUT2D eigenvalue weighted by Gasteiger charge is 2.20. The monoisotopic (exact) mass is 510 g/mol. The van der Waals surface area contributed by atoms with Gasteiger partial charge in [0, 0.05) is 37.8 Å². The van der Waals surface area contributed by atoms with E-state index in [1.807, 2.05) is 36.4 Å². The fourth-order valence-electron chi connectivity index (χ4n) is 4.74. The van der Waals surface area contributed by atoms with Gasteiger partial charge in [-0.2, -0.15) is 0 Å². The lowest BCUT2D eigenvalue weighted by atomic mass is 9.99. The van der Waals surface area contributed by atoms with E-state index in [0.717, 1.165) is 41.8 Å². The fourth-order valence-corrected chi connectivity index (χ4v) is 4.74. The molecule has 2 N–H and O–H groups in total. The van der Waals surface area contributed by atoms with Crippen molar-refractivity contribution in [3.05, 3.63) is 95.3 Å². The number of para-hydroxylation sites is 1. The molecule has 1 aliphatic rings. The molecule has 0 unspecified atom stereocenters. The van der Waals surface area contributed by atoms with Gasteiger partial charge in [-0.05, 0) is 53.3 Å². The topological polar surface area (TPSA) is 92.8 Å². The lowest BCUT2D eigenvalue weighted by molar-refractivity contribution is 0.0948. The van der Waals surface area contributed by atoms with Crippen molar-refractivity contribution in [2.24, 2.45) is 0 Å². The van der Waals surface area contributed by atoms with E-state index in [1.54, 1.807) is 50.7 Å². The summed E-state index contributed by atoms with van der Waals surface area (Å²) >= 11 is 0. The minimum atomic E-state index is -0.366. The van der Waals surface area contributed by atoms with Crippen LogP contribution in [-0.2, 0) is 13.0 Å². The van der Waals surface area contributed by atoms with Crippen LogP contribution in [-0.4, -0.2) is 55.6 Å². The maximum Gasteiger partial charge on any atom is 0.274 e. The third kappa shape index (κ3) is 5.45. The second kappa shape index (κ2) is 11.3. The number of carbonyl (C=O) groups excluding carboxylic acids is 2. The van der Waals surface area contributed by atoms with Crippen LogP contribution in [0.3, 0.4) is 0 Å². The molecular weight excluding hydrogens is 480 g/mol. The first-order valence-corrected chi connectivity index (χ1v) is 12.5. The molecule has 5 rings (SSSR count). The number of anilines is 1. The molecule has 0 fully saturated rings. The van der Waals surface area contributed by atoms with Crippen molar-refractivity contribution in [2.45, 2.75) is 13.0 Å². The summed E-state index contributed by atoms with van der Waals surface area (Å²) in [6, 6.07) is 20.5. The van der Waals surface area contributed by atoms with Crippen LogP contribution < -0.4 is 20.1 Å². The Bertz CT molecular complexity index is 1490. The Hall–Kier alpha value is -4.43. The Labute approximate surface area is 221 Å². The zero-order chi connectivity index (χ0) is 26.5. The molecule has 0 spiro atoms. The van der Waals surface area contributed by atoms with E-state index in [0.29, 0.717) is 30.0 Å².